The summed E-state index contributed by atoms with van der Waals surface area (Å²) < 4.78 is 12.6. The summed E-state index contributed by atoms with van der Waals surface area (Å²) in [7, 11) is 0. The van der Waals surface area contributed by atoms with Gasteiger partial charge in [-0.3, -0.25) is 4.98 Å². The summed E-state index contributed by atoms with van der Waals surface area (Å²) in [6, 6.07) is 21.8. The van der Waals surface area contributed by atoms with Crippen molar-refractivity contribution < 1.29 is 19.8 Å². The van der Waals surface area contributed by atoms with Crippen LogP contribution in [0.2, 0.25) is 0 Å². The van der Waals surface area contributed by atoms with E-state index in [-0.39, 0.29) is 12.5 Å². The maximum Gasteiger partial charge on any atom is 0.230 e. The van der Waals surface area contributed by atoms with Crippen LogP contribution in [0.4, 0.5) is 0 Å². The predicted octanol–water partition coefficient (Wildman–Crippen LogP) is 4.47. The van der Waals surface area contributed by atoms with Gasteiger partial charge in [0, 0.05) is 18.2 Å². The van der Waals surface area contributed by atoms with Gasteiger partial charge in [0.1, 0.15) is 22.9 Å². The van der Waals surface area contributed by atoms with Crippen molar-refractivity contribution in [2.75, 3.05) is 6.79 Å². The molecule has 4 aromatic rings. The minimum atomic E-state index is 0.0754. The van der Waals surface area contributed by atoms with E-state index in [1.807, 2.05) is 36.4 Å². The minimum absolute atomic E-state index is 0.0754. The Bertz CT molecular complexity index is 1230. The zero-order valence-electron chi connectivity index (χ0n) is 16.5. The van der Waals surface area contributed by atoms with E-state index in [2.05, 4.69) is 9.97 Å². The van der Waals surface area contributed by atoms with E-state index in [9.17, 15) is 10.3 Å². The number of imidazole rings is 1. The fraction of sp³-hybridized carbons (Fsp3) is 0.0833. The topological polar surface area (TPSA) is 89.6 Å². The van der Waals surface area contributed by atoms with Crippen molar-refractivity contribution in [3.63, 3.8) is 0 Å². The number of ether oxygens (including phenoxy) is 2. The van der Waals surface area contributed by atoms with Gasteiger partial charge < -0.3 is 19.8 Å². The van der Waals surface area contributed by atoms with Crippen LogP contribution in [0.3, 0.4) is 0 Å². The van der Waals surface area contributed by atoms with E-state index < -0.39 is 0 Å². The summed E-state index contributed by atoms with van der Waals surface area (Å²) in [5.41, 5.74) is 3.08. The number of pyridine rings is 1. The molecule has 7 nitrogen and oxygen atoms in total. The molecule has 31 heavy (non-hydrogen) atoms. The Morgan fingerprint density at radius 1 is 0.903 bits per heavy atom. The molecule has 7 heteroatoms. The van der Waals surface area contributed by atoms with Crippen LogP contribution in [0.5, 0.6) is 5.75 Å². The van der Waals surface area contributed by atoms with Gasteiger partial charge in [-0.2, -0.15) is 4.73 Å². The number of aromatic nitrogens is 3. The van der Waals surface area contributed by atoms with Gasteiger partial charge in [-0.1, -0.05) is 36.4 Å². The SMILES string of the molecule is Oc1ccc(-c2nc(C3=C(Cc4ccccc4)OCO3)c(-c3ccccn3)n2O)cc1. The molecule has 1 aliphatic rings. The molecule has 2 aromatic heterocycles. The standard InChI is InChI=1S/C24H19N3O4/c28-18-11-9-17(10-12-18)24-26-21(22(27(24)29)19-8-4-5-13-25-19)23-20(30-15-31-23)14-16-6-2-1-3-7-16/h1-13,28-29H,14-15H2. The lowest BCUT2D eigenvalue weighted by Crippen LogP contribution is -2.00. The Labute approximate surface area is 178 Å². The maximum absolute atomic E-state index is 11.1. The Kier molecular flexibility index (Phi) is 4.76. The first-order valence-corrected chi connectivity index (χ1v) is 9.76. The van der Waals surface area contributed by atoms with Crippen molar-refractivity contribution >= 4 is 5.76 Å². The number of phenolic OH excluding ortho intramolecular Hbond substituents is 1. The van der Waals surface area contributed by atoms with Crippen molar-refractivity contribution in [2.24, 2.45) is 0 Å². The molecule has 1 aliphatic heterocycles. The number of benzene rings is 2. The Hall–Kier alpha value is -4.26. The molecule has 3 heterocycles. The van der Waals surface area contributed by atoms with E-state index in [1.54, 1.807) is 42.6 Å². The van der Waals surface area contributed by atoms with E-state index in [0.717, 1.165) is 10.3 Å². The van der Waals surface area contributed by atoms with Crippen LogP contribution in [0.1, 0.15) is 11.3 Å². The maximum atomic E-state index is 11.1. The van der Waals surface area contributed by atoms with Crippen LogP contribution in [0.25, 0.3) is 28.5 Å². The van der Waals surface area contributed by atoms with E-state index in [0.29, 0.717) is 46.4 Å². The molecule has 0 bridgehead atoms. The van der Waals surface area contributed by atoms with Crippen LogP contribution >= 0.6 is 0 Å². The monoisotopic (exact) mass is 413 g/mol. The summed E-state index contributed by atoms with van der Waals surface area (Å²) in [5, 5.41) is 20.7. The van der Waals surface area contributed by atoms with Crippen molar-refractivity contribution in [1.82, 2.24) is 14.7 Å². The molecule has 2 aromatic carbocycles. The molecule has 0 atom stereocenters. The second-order valence-corrected chi connectivity index (χ2v) is 7.03. The highest BCUT2D eigenvalue weighted by molar-refractivity contribution is 5.77. The average molecular weight is 413 g/mol. The lowest BCUT2D eigenvalue weighted by atomic mass is 10.1. The summed E-state index contributed by atoms with van der Waals surface area (Å²) >= 11 is 0. The number of hydrogen-bond acceptors (Lipinski definition) is 6. The molecule has 0 aliphatic carbocycles. The van der Waals surface area contributed by atoms with Gasteiger partial charge >= 0.3 is 0 Å². The van der Waals surface area contributed by atoms with Crippen LogP contribution < -0.4 is 0 Å². The predicted molar refractivity (Wildman–Crippen MR) is 114 cm³/mol. The first-order valence-electron chi connectivity index (χ1n) is 9.76. The van der Waals surface area contributed by atoms with Crippen molar-refractivity contribution in [1.29, 1.82) is 0 Å². The molecular formula is C24H19N3O4. The highest BCUT2D eigenvalue weighted by atomic mass is 16.7. The fourth-order valence-electron chi connectivity index (χ4n) is 3.52. The third kappa shape index (κ3) is 3.57. The largest absolute Gasteiger partial charge is 0.508 e. The third-order valence-corrected chi connectivity index (χ3v) is 5.00. The number of allylic oxidation sites excluding steroid dienone is 1. The van der Waals surface area contributed by atoms with Gasteiger partial charge in [-0.15, -0.1) is 0 Å². The van der Waals surface area contributed by atoms with Gasteiger partial charge in [0.15, 0.2) is 11.6 Å². The van der Waals surface area contributed by atoms with Gasteiger partial charge in [0.05, 0.1) is 5.69 Å². The zero-order chi connectivity index (χ0) is 21.2. The molecule has 0 fully saturated rings. The summed E-state index contributed by atoms with van der Waals surface area (Å²) in [6.07, 6.45) is 2.18. The summed E-state index contributed by atoms with van der Waals surface area (Å²) in [4.78, 5) is 9.08. The highest BCUT2D eigenvalue weighted by Crippen LogP contribution is 2.37. The number of phenols is 1. The van der Waals surface area contributed by atoms with Gasteiger partial charge in [0.25, 0.3) is 0 Å². The second kappa shape index (κ2) is 7.87. The number of aromatic hydroxyl groups is 1. The Balaban J connectivity index is 1.67. The first-order chi connectivity index (χ1) is 15.2. The molecule has 2 N–H and O–H groups in total. The highest BCUT2D eigenvalue weighted by Gasteiger charge is 2.30. The molecule has 0 saturated heterocycles. The minimum Gasteiger partial charge on any atom is -0.508 e. The Morgan fingerprint density at radius 3 is 2.42 bits per heavy atom. The molecule has 154 valence electrons. The quantitative estimate of drug-likeness (QED) is 0.469. The van der Waals surface area contributed by atoms with Crippen LogP contribution in [-0.2, 0) is 15.9 Å². The molecule has 0 saturated carbocycles. The molecule has 0 radical (unpaired) electrons. The van der Waals surface area contributed by atoms with Crippen molar-refractivity contribution in [2.45, 2.75) is 6.42 Å². The van der Waals surface area contributed by atoms with Crippen LogP contribution in [0, 0.1) is 0 Å². The summed E-state index contributed by atoms with van der Waals surface area (Å²) in [5.74, 6) is 1.54. The molecule has 0 amide bonds. The van der Waals surface area contributed by atoms with Crippen LogP contribution in [0.15, 0.2) is 84.8 Å². The molecular weight excluding hydrogens is 394 g/mol. The lowest BCUT2D eigenvalue weighted by Gasteiger charge is -2.06. The van der Waals surface area contributed by atoms with E-state index in [4.69, 9.17) is 9.47 Å². The third-order valence-electron chi connectivity index (χ3n) is 5.00. The Morgan fingerprint density at radius 2 is 1.68 bits per heavy atom. The fourth-order valence-corrected chi connectivity index (χ4v) is 3.52. The summed E-state index contributed by atoms with van der Waals surface area (Å²) in [6.45, 7) is 0.0754. The van der Waals surface area contributed by atoms with Crippen LogP contribution in [-0.4, -0.2) is 31.8 Å². The van der Waals surface area contributed by atoms with Crippen molar-refractivity contribution in [3.8, 4) is 28.5 Å². The first kappa shape index (κ1) is 18.7. The number of rotatable bonds is 5. The van der Waals surface area contributed by atoms with E-state index in [1.165, 1.54) is 0 Å². The average Bonchev–Trinajstić information content (AvgIpc) is 3.39. The second-order valence-electron chi connectivity index (χ2n) is 7.03. The van der Waals surface area contributed by atoms with Crippen molar-refractivity contribution in [3.05, 3.63) is 96.0 Å². The smallest absolute Gasteiger partial charge is 0.230 e. The number of nitrogens with zero attached hydrogens (tertiary/aromatic N) is 3. The number of hydrogen-bond donors (Lipinski definition) is 2. The molecule has 0 unspecified atom stereocenters. The van der Waals surface area contributed by atoms with Gasteiger partial charge in [-0.05, 0) is 42.0 Å². The van der Waals surface area contributed by atoms with E-state index >= 15 is 0 Å². The molecule has 0 spiro atoms. The van der Waals surface area contributed by atoms with Gasteiger partial charge in [0.2, 0.25) is 6.79 Å². The van der Waals surface area contributed by atoms with Gasteiger partial charge in [-0.25, -0.2) is 4.98 Å². The molecule has 5 rings (SSSR count). The lowest BCUT2D eigenvalue weighted by molar-refractivity contribution is 0.0855. The normalized spacial score (nSPS) is 13.2. The zero-order valence-corrected chi connectivity index (χ0v) is 16.5.